The minimum atomic E-state index is -4.42. The van der Waals surface area contributed by atoms with E-state index in [0.717, 1.165) is 6.07 Å². The number of hydrogen-bond donors (Lipinski definition) is 2. The molecule has 0 unspecified atom stereocenters. The minimum absolute atomic E-state index is 0.316. The highest BCUT2D eigenvalue weighted by Gasteiger charge is 2.20. The molecule has 1 rings (SSSR count). The van der Waals surface area contributed by atoms with E-state index in [-0.39, 0.29) is 11.0 Å². The van der Waals surface area contributed by atoms with Crippen molar-refractivity contribution in [3.05, 3.63) is 33.9 Å². The van der Waals surface area contributed by atoms with Crippen LogP contribution in [0.15, 0.2) is 18.2 Å². The van der Waals surface area contributed by atoms with Gasteiger partial charge in [0.2, 0.25) is 0 Å². The third kappa shape index (κ3) is 2.38. The van der Waals surface area contributed by atoms with Crippen LogP contribution in [0, 0.1) is 17.0 Å². The Labute approximate surface area is 79.5 Å². The molecular weight excluding hydrogens is 209 g/mol. The van der Waals surface area contributed by atoms with E-state index in [1.165, 1.54) is 19.1 Å². The van der Waals surface area contributed by atoms with Crippen LogP contribution in [0.4, 0.5) is 5.69 Å². The van der Waals surface area contributed by atoms with Crippen molar-refractivity contribution in [1.29, 1.82) is 0 Å². The summed E-state index contributed by atoms with van der Waals surface area (Å²) < 4.78 is 10.8. The Kier molecular flexibility index (Phi) is 2.71. The van der Waals surface area contributed by atoms with Crippen LogP contribution in [0.3, 0.4) is 0 Å². The summed E-state index contributed by atoms with van der Waals surface area (Å²) in [6, 6.07) is 3.36. The third-order valence-electron chi connectivity index (χ3n) is 1.59. The van der Waals surface area contributed by atoms with Gasteiger partial charge < -0.3 is 9.79 Å². The summed E-state index contributed by atoms with van der Waals surface area (Å²) in [5.41, 5.74) is 0.126. The Morgan fingerprint density at radius 1 is 1.36 bits per heavy atom. The maximum Gasteiger partial charge on any atom is 0.356 e. The topological polar surface area (TPSA) is 101 Å². The maximum atomic E-state index is 10.8. The molecule has 6 nitrogen and oxygen atoms in total. The highest BCUT2D eigenvalue weighted by Crippen LogP contribution is 2.34. The SMILES string of the molecule is Cc1cc([N+](=O)[O-])cc(P(=O)(O)O)c1. The van der Waals surface area contributed by atoms with Crippen LogP contribution in [-0.2, 0) is 4.57 Å². The number of aryl methyl sites for hydroxylation is 1. The molecule has 0 fully saturated rings. The first-order valence-corrected chi connectivity index (χ1v) is 5.24. The van der Waals surface area contributed by atoms with Gasteiger partial charge in [0, 0.05) is 12.1 Å². The van der Waals surface area contributed by atoms with E-state index in [2.05, 4.69) is 0 Å². The Morgan fingerprint density at radius 2 is 1.93 bits per heavy atom. The van der Waals surface area contributed by atoms with Gasteiger partial charge in [-0.3, -0.25) is 14.7 Å². The molecule has 76 valence electrons. The lowest BCUT2D eigenvalue weighted by Gasteiger charge is -2.04. The molecule has 0 spiro atoms. The van der Waals surface area contributed by atoms with Gasteiger partial charge in [0.15, 0.2) is 0 Å². The van der Waals surface area contributed by atoms with Crippen LogP contribution in [0.1, 0.15) is 5.56 Å². The van der Waals surface area contributed by atoms with Gasteiger partial charge in [-0.15, -0.1) is 0 Å². The molecular formula is C7H8NO5P. The van der Waals surface area contributed by atoms with Crippen molar-refractivity contribution >= 4 is 18.6 Å². The average Bonchev–Trinajstić information content (AvgIpc) is 2.01. The number of nitro benzene ring substituents is 1. The van der Waals surface area contributed by atoms with Gasteiger partial charge >= 0.3 is 7.60 Å². The zero-order valence-electron chi connectivity index (χ0n) is 7.25. The first-order chi connectivity index (χ1) is 6.30. The van der Waals surface area contributed by atoms with E-state index >= 15 is 0 Å². The van der Waals surface area contributed by atoms with Crippen molar-refractivity contribution in [2.45, 2.75) is 6.92 Å². The van der Waals surface area contributed by atoms with E-state index in [1.54, 1.807) is 0 Å². The summed E-state index contributed by atoms with van der Waals surface area (Å²) in [5, 5.41) is 10.1. The van der Waals surface area contributed by atoms with Gasteiger partial charge in [0.1, 0.15) is 0 Å². The molecule has 7 heteroatoms. The Morgan fingerprint density at radius 3 is 2.36 bits per heavy atom. The van der Waals surface area contributed by atoms with E-state index in [9.17, 15) is 14.7 Å². The molecule has 0 aliphatic heterocycles. The number of benzene rings is 1. The van der Waals surface area contributed by atoms with Crippen molar-refractivity contribution in [2.75, 3.05) is 0 Å². The second-order valence-corrected chi connectivity index (χ2v) is 4.43. The summed E-state index contributed by atoms with van der Waals surface area (Å²) in [6.07, 6.45) is 0. The average molecular weight is 217 g/mol. The Balaban J connectivity index is 3.35. The lowest BCUT2D eigenvalue weighted by atomic mass is 10.2. The van der Waals surface area contributed by atoms with Gasteiger partial charge in [-0.25, -0.2) is 0 Å². The van der Waals surface area contributed by atoms with Crippen LogP contribution in [0.5, 0.6) is 0 Å². The smallest absolute Gasteiger partial charge is 0.321 e. The normalized spacial score (nSPS) is 11.4. The van der Waals surface area contributed by atoms with Crippen LogP contribution in [0.2, 0.25) is 0 Å². The van der Waals surface area contributed by atoms with Gasteiger partial charge in [-0.05, 0) is 18.6 Å². The highest BCUT2D eigenvalue weighted by molar-refractivity contribution is 7.60. The van der Waals surface area contributed by atoms with Gasteiger partial charge in [0.25, 0.3) is 5.69 Å². The van der Waals surface area contributed by atoms with Crippen molar-refractivity contribution in [3.63, 3.8) is 0 Å². The molecule has 2 N–H and O–H groups in total. The lowest BCUT2D eigenvalue weighted by Crippen LogP contribution is -2.05. The summed E-state index contributed by atoms with van der Waals surface area (Å²) >= 11 is 0. The number of non-ortho nitro benzene ring substituents is 1. The quantitative estimate of drug-likeness (QED) is 0.431. The van der Waals surface area contributed by atoms with Gasteiger partial charge in [0.05, 0.1) is 10.2 Å². The van der Waals surface area contributed by atoms with Crippen LogP contribution >= 0.6 is 7.60 Å². The second-order valence-electron chi connectivity index (χ2n) is 2.83. The molecule has 0 heterocycles. The summed E-state index contributed by atoms with van der Waals surface area (Å²) in [5.74, 6) is 0. The predicted molar refractivity (Wildman–Crippen MR) is 49.5 cm³/mol. The minimum Gasteiger partial charge on any atom is -0.321 e. The largest absolute Gasteiger partial charge is 0.356 e. The predicted octanol–water partition coefficient (Wildman–Crippen LogP) is 0.706. The van der Waals surface area contributed by atoms with Crippen LogP contribution in [0.25, 0.3) is 0 Å². The van der Waals surface area contributed by atoms with E-state index in [0.29, 0.717) is 5.56 Å². The molecule has 0 radical (unpaired) electrons. The standard InChI is InChI=1S/C7H8NO5P/c1-5-2-6(8(9)10)4-7(3-5)14(11,12)13/h2-4H,1H3,(H2,11,12,13). The number of nitro groups is 1. The fourth-order valence-corrected chi connectivity index (χ4v) is 1.69. The molecule has 0 saturated carbocycles. The fourth-order valence-electron chi connectivity index (χ4n) is 1.02. The maximum absolute atomic E-state index is 10.8. The summed E-state index contributed by atoms with van der Waals surface area (Å²) in [6.45, 7) is 1.53. The Bertz CT molecular complexity index is 424. The molecule has 0 aliphatic carbocycles. The second kappa shape index (κ2) is 3.49. The molecule has 0 saturated heterocycles. The van der Waals surface area contributed by atoms with E-state index in [1.807, 2.05) is 0 Å². The molecule has 0 atom stereocenters. The van der Waals surface area contributed by atoms with Crippen LogP contribution in [-0.4, -0.2) is 14.7 Å². The molecule has 0 aliphatic rings. The number of nitrogens with zero attached hydrogens (tertiary/aromatic N) is 1. The molecule has 1 aromatic carbocycles. The fraction of sp³-hybridized carbons (Fsp3) is 0.143. The molecule has 0 bridgehead atoms. The zero-order chi connectivity index (χ0) is 10.9. The molecule has 0 amide bonds. The number of rotatable bonds is 2. The van der Waals surface area contributed by atoms with Gasteiger partial charge in [-0.1, -0.05) is 0 Å². The van der Waals surface area contributed by atoms with Gasteiger partial charge in [-0.2, -0.15) is 0 Å². The monoisotopic (exact) mass is 217 g/mol. The Hall–Kier alpha value is -1.23. The third-order valence-corrected chi connectivity index (χ3v) is 2.52. The summed E-state index contributed by atoms with van der Waals surface area (Å²) in [7, 11) is -4.42. The van der Waals surface area contributed by atoms with Crippen molar-refractivity contribution in [2.24, 2.45) is 0 Å². The van der Waals surface area contributed by atoms with Crippen molar-refractivity contribution in [3.8, 4) is 0 Å². The van der Waals surface area contributed by atoms with Crippen LogP contribution < -0.4 is 5.30 Å². The van der Waals surface area contributed by atoms with Crippen molar-refractivity contribution in [1.82, 2.24) is 0 Å². The highest BCUT2D eigenvalue weighted by atomic mass is 31.2. The first-order valence-electron chi connectivity index (χ1n) is 3.63. The molecule has 0 aromatic heterocycles. The molecule has 1 aromatic rings. The lowest BCUT2D eigenvalue weighted by molar-refractivity contribution is -0.384. The number of hydrogen-bond acceptors (Lipinski definition) is 3. The van der Waals surface area contributed by atoms with E-state index < -0.39 is 12.5 Å². The first kappa shape index (κ1) is 10.8. The van der Waals surface area contributed by atoms with Crippen molar-refractivity contribution < 1.29 is 19.3 Å². The van der Waals surface area contributed by atoms with E-state index in [4.69, 9.17) is 9.79 Å². The summed E-state index contributed by atoms with van der Waals surface area (Å²) in [4.78, 5) is 27.3. The zero-order valence-corrected chi connectivity index (χ0v) is 8.14. The molecule has 14 heavy (non-hydrogen) atoms.